The molecule has 0 aliphatic carbocycles. The Hall–Kier alpha value is -1.89. The van der Waals surface area contributed by atoms with E-state index in [2.05, 4.69) is 10.4 Å². The van der Waals surface area contributed by atoms with Gasteiger partial charge in [0.15, 0.2) is 0 Å². The molecule has 1 amide bonds. The van der Waals surface area contributed by atoms with Crippen LogP contribution in [0.15, 0.2) is 12.3 Å². The number of nitrogens with zero attached hydrogens (tertiary/aromatic N) is 2. The third kappa shape index (κ3) is 4.54. The Labute approximate surface area is 105 Å². The molecule has 18 heavy (non-hydrogen) atoms. The molecule has 2 N–H and O–H groups in total. The highest BCUT2D eigenvalue weighted by molar-refractivity contribution is 5.86. The molecule has 0 aliphatic rings. The molecule has 1 aromatic heterocycles. The monoisotopic (exact) mass is 255 g/mol. The molecule has 100 valence electrons. The number of ether oxygens (including phenoxy) is 1. The van der Waals surface area contributed by atoms with Gasteiger partial charge < -0.3 is 15.2 Å². The quantitative estimate of drug-likeness (QED) is 0.644. The maximum absolute atomic E-state index is 11.5. The molecule has 7 heteroatoms. The van der Waals surface area contributed by atoms with E-state index in [0.717, 1.165) is 11.1 Å². The molecule has 0 unspecified atom stereocenters. The van der Waals surface area contributed by atoms with Gasteiger partial charge in [0.2, 0.25) is 5.91 Å². The summed E-state index contributed by atoms with van der Waals surface area (Å²) < 4.78 is 6.28. The first-order valence-corrected chi connectivity index (χ1v) is 5.74. The van der Waals surface area contributed by atoms with Crippen molar-refractivity contribution in [3.8, 4) is 0 Å². The predicted octanol–water partition coefficient (Wildman–Crippen LogP) is 0.124. The molecule has 0 spiro atoms. The first-order chi connectivity index (χ1) is 8.65. The van der Waals surface area contributed by atoms with E-state index in [9.17, 15) is 9.59 Å². The Balaban J connectivity index is 2.31. The lowest BCUT2D eigenvalue weighted by molar-refractivity contribution is -0.121. The standard InChI is InChI=1S/C11H17N3O4/c1-2-18-7-3-5-12-10(15)8-14-9(11(16)17)4-6-13-14/h4,6H,2-3,5,7-8H2,1H3,(H,12,15)(H,16,17). The Morgan fingerprint density at radius 1 is 1.56 bits per heavy atom. The van der Waals surface area contributed by atoms with Crippen molar-refractivity contribution in [3.63, 3.8) is 0 Å². The minimum absolute atomic E-state index is 0.000494. The minimum Gasteiger partial charge on any atom is -0.477 e. The predicted molar refractivity (Wildman–Crippen MR) is 63.3 cm³/mol. The van der Waals surface area contributed by atoms with Crippen LogP contribution < -0.4 is 5.32 Å². The van der Waals surface area contributed by atoms with Crippen molar-refractivity contribution < 1.29 is 19.4 Å². The van der Waals surface area contributed by atoms with Gasteiger partial charge in [-0.25, -0.2) is 9.48 Å². The van der Waals surface area contributed by atoms with Crippen LogP contribution in [0.25, 0.3) is 0 Å². The molecule has 0 aliphatic heterocycles. The molecule has 1 rings (SSSR count). The zero-order valence-corrected chi connectivity index (χ0v) is 10.3. The summed E-state index contributed by atoms with van der Waals surface area (Å²) in [5.74, 6) is -1.37. The van der Waals surface area contributed by atoms with E-state index in [1.165, 1.54) is 12.3 Å². The highest BCUT2D eigenvalue weighted by Gasteiger charge is 2.12. The second kappa shape index (κ2) is 7.44. The number of carbonyl (C=O) groups excluding carboxylic acids is 1. The average Bonchev–Trinajstić information content (AvgIpc) is 2.77. The van der Waals surface area contributed by atoms with Crippen LogP contribution in [0.4, 0.5) is 0 Å². The van der Waals surface area contributed by atoms with Crippen molar-refractivity contribution in [2.24, 2.45) is 0 Å². The van der Waals surface area contributed by atoms with Crippen LogP contribution in [0.3, 0.4) is 0 Å². The van der Waals surface area contributed by atoms with Gasteiger partial charge in [-0.15, -0.1) is 0 Å². The van der Waals surface area contributed by atoms with Crippen LogP contribution >= 0.6 is 0 Å². The number of rotatable bonds is 8. The van der Waals surface area contributed by atoms with Crippen molar-refractivity contribution >= 4 is 11.9 Å². The number of amides is 1. The summed E-state index contributed by atoms with van der Waals surface area (Å²) in [7, 11) is 0. The van der Waals surface area contributed by atoms with E-state index < -0.39 is 5.97 Å². The number of aromatic nitrogens is 2. The van der Waals surface area contributed by atoms with Crippen LogP contribution in [-0.4, -0.2) is 46.5 Å². The largest absolute Gasteiger partial charge is 0.477 e. The molecule has 7 nitrogen and oxygen atoms in total. The molecule has 0 atom stereocenters. The second-order valence-corrected chi connectivity index (χ2v) is 3.58. The summed E-state index contributed by atoms with van der Waals surface area (Å²) in [4.78, 5) is 22.3. The molecule has 0 saturated heterocycles. The van der Waals surface area contributed by atoms with Crippen LogP contribution in [0.5, 0.6) is 0 Å². The van der Waals surface area contributed by atoms with Crippen molar-refractivity contribution in [2.75, 3.05) is 19.8 Å². The van der Waals surface area contributed by atoms with Crippen molar-refractivity contribution in [1.29, 1.82) is 0 Å². The van der Waals surface area contributed by atoms with Gasteiger partial charge in [0, 0.05) is 26.0 Å². The Bertz CT molecular complexity index is 403. The van der Waals surface area contributed by atoms with Gasteiger partial charge >= 0.3 is 5.97 Å². The smallest absolute Gasteiger partial charge is 0.354 e. The topological polar surface area (TPSA) is 93.5 Å². The number of carbonyl (C=O) groups is 2. The minimum atomic E-state index is -1.10. The maximum atomic E-state index is 11.5. The SMILES string of the molecule is CCOCCCNC(=O)Cn1nccc1C(=O)O. The summed E-state index contributed by atoms with van der Waals surface area (Å²) in [5, 5.41) is 15.3. The van der Waals surface area contributed by atoms with Gasteiger partial charge in [-0.2, -0.15) is 5.10 Å². The normalized spacial score (nSPS) is 10.3. The lowest BCUT2D eigenvalue weighted by atomic mass is 10.4. The molecule has 0 radical (unpaired) electrons. The third-order valence-electron chi connectivity index (χ3n) is 2.22. The van der Waals surface area contributed by atoms with E-state index in [-0.39, 0.29) is 18.1 Å². The Morgan fingerprint density at radius 2 is 2.33 bits per heavy atom. The van der Waals surface area contributed by atoms with Crippen molar-refractivity contribution in [2.45, 2.75) is 19.9 Å². The van der Waals surface area contributed by atoms with Gasteiger partial charge in [0.25, 0.3) is 0 Å². The zero-order chi connectivity index (χ0) is 13.4. The molecular weight excluding hydrogens is 238 g/mol. The second-order valence-electron chi connectivity index (χ2n) is 3.58. The Morgan fingerprint density at radius 3 is 3.00 bits per heavy atom. The molecule has 0 saturated carbocycles. The highest BCUT2D eigenvalue weighted by Crippen LogP contribution is 1.98. The van der Waals surface area contributed by atoms with Gasteiger partial charge in [-0.1, -0.05) is 0 Å². The molecule has 0 aromatic carbocycles. The summed E-state index contributed by atoms with van der Waals surface area (Å²) >= 11 is 0. The van der Waals surface area contributed by atoms with E-state index in [4.69, 9.17) is 9.84 Å². The van der Waals surface area contributed by atoms with Crippen LogP contribution in [-0.2, 0) is 16.1 Å². The lowest BCUT2D eigenvalue weighted by Crippen LogP contribution is -2.30. The van der Waals surface area contributed by atoms with Crippen molar-refractivity contribution in [3.05, 3.63) is 18.0 Å². The van der Waals surface area contributed by atoms with Gasteiger partial charge in [-0.3, -0.25) is 4.79 Å². The van der Waals surface area contributed by atoms with Crippen LogP contribution in [0, 0.1) is 0 Å². The van der Waals surface area contributed by atoms with E-state index in [0.29, 0.717) is 19.8 Å². The first-order valence-electron chi connectivity index (χ1n) is 5.74. The number of hydrogen-bond acceptors (Lipinski definition) is 4. The van der Waals surface area contributed by atoms with Crippen LogP contribution in [0.2, 0.25) is 0 Å². The van der Waals surface area contributed by atoms with Gasteiger partial charge in [-0.05, 0) is 19.4 Å². The zero-order valence-electron chi connectivity index (χ0n) is 10.3. The number of nitrogens with one attached hydrogen (secondary N) is 1. The first kappa shape index (κ1) is 14.2. The maximum Gasteiger partial charge on any atom is 0.354 e. The van der Waals surface area contributed by atoms with Crippen molar-refractivity contribution in [1.82, 2.24) is 15.1 Å². The third-order valence-corrected chi connectivity index (χ3v) is 2.22. The van der Waals surface area contributed by atoms with Gasteiger partial charge in [0.1, 0.15) is 12.2 Å². The molecule has 0 bridgehead atoms. The Kier molecular flexibility index (Phi) is 5.86. The van der Waals surface area contributed by atoms with Gasteiger partial charge in [0.05, 0.1) is 0 Å². The summed E-state index contributed by atoms with van der Waals surface area (Å²) in [5.41, 5.74) is -0.000494. The molecule has 1 heterocycles. The number of carboxylic acids is 1. The fourth-order valence-corrected chi connectivity index (χ4v) is 1.38. The summed E-state index contributed by atoms with van der Waals surface area (Å²) in [6, 6.07) is 1.35. The number of hydrogen-bond donors (Lipinski definition) is 2. The van der Waals surface area contributed by atoms with Crippen LogP contribution in [0.1, 0.15) is 23.8 Å². The fraction of sp³-hybridized carbons (Fsp3) is 0.545. The number of aromatic carboxylic acids is 1. The van der Waals surface area contributed by atoms with E-state index in [1.54, 1.807) is 0 Å². The summed E-state index contributed by atoms with van der Waals surface area (Å²) in [6.45, 7) is 3.57. The van der Waals surface area contributed by atoms with E-state index >= 15 is 0 Å². The lowest BCUT2D eigenvalue weighted by Gasteiger charge is -2.06. The average molecular weight is 255 g/mol. The number of carboxylic acid groups (broad SMARTS) is 1. The molecular formula is C11H17N3O4. The molecule has 0 fully saturated rings. The highest BCUT2D eigenvalue weighted by atomic mass is 16.5. The van der Waals surface area contributed by atoms with E-state index in [1.807, 2.05) is 6.92 Å². The molecule has 1 aromatic rings. The fourth-order valence-electron chi connectivity index (χ4n) is 1.38. The summed E-state index contributed by atoms with van der Waals surface area (Å²) in [6.07, 6.45) is 2.08.